The monoisotopic (exact) mass is 379 g/mol. The van der Waals surface area contributed by atoms with E-state index in [0.29, 0.717) is 6.04 Å². The zero-order chi connectivity index (χ0) is 20.3. The molecule has 0 aliphatic heterocycles. The van der Waals surface area contributed by atoms with Crippen LogP contribution in [0.3, 0.4) is 0 Å². The Hall–Kier alpha value is -2.82. The van der Waals surface area contributed by atoms with Gasteiger partial charge in [-0.1, -0.05) is 25.1 Å². The maximum atomic E-state index is 12.4. The molecule has 1 aromatic carbocycles. The van der Waals surface area contributed by atoms with Crippen LogP contribution in [0.1, 0.15) is 48.3 Å². The van der Waals surface area contributed by atoms with Gasteiger partial charge in [-0.2, -0.15) is 0 Å². The first-order valence-electron chi connectivity index (χ1n) is 9.90. The number of aromatic nitrogens is 1. The minimum atomic E-state index is -0.197. The highest BCUT2D eigenvalue weighted by molar-refractivity contribution is 5.98. The summed E-state index contributed by atoms with van der Waals surface area (Å²) in [5, 5.41) is 2.90. The fourth-order valence-electron chi connectivity index (χ4n) is 3.59. The fraction of sp³-hybridized carbons (Fsp3) is 0.391. The number of nitrogens with zero attached hydrogens (tertiary/aromatic N) is 2. The number of nitrogens with one attached hydrogen (secondary N) is 1. The van der Waals surface area contributed by atoms with E-state index >= 15 is 0 Å². The summed E-state index contributed by atoms with van der Waals surface area (Å²) in [4.78, 5) is 26.2. The molecule has 1 heterocycles. The molecular weight excluding hydrogens is 350 g/mol. The number of carbonyl (C=O) groups excluding carboxylic acids is 2. The third kappa shape index (κ3) is 4.53. The third-order valence-corrected chi connectivity index (χ3v) is 5.27. The minimum Gasteiger partial charge on any atom is -0.346 e. The molecule has 1 fully saturated rings. The lowest BCUT2D eigenvalue weighted by molar-refractivity contribution is -0.129. The Morgan fingerprint density at radius 3 is 2.64 bits per heavy atom. The summed E-state index contributed by atoms with van der Waals surface area (Å²) in [6.07, 6.45) is 6.71. The van der Waals surface area contributed by atoms with Crippen molar-refractivity contribution >= 4 is 23.6 Å². The summed E-state index contributed by atoms with van der Waals surface area (Å²) >= 11 is 0. The first-order valence-corrected chi connectivity index (χ1v) is 9.90. The smallest absolute Gasteiger partial charge is 0.246 e. The Labute approximate surface area is 167 Å². The van der Waals surface area contributed by atoms with Gasteiger partial charge >= 0.3 is 0 Å². The van der Waals surface area contributed by atoms with E-state index in [1.54, 1.807) is 13.1 Å². The molecule has 0 saturated heterocycles. The summed E-state index contributed by atoms with van der Waals surface area (Å²) < 4.78 is 2.35. The summed E-state index contributed by atoms with van der Waals surface area (Å²) in [6.45, 7) is 6.26. The number of para-hydroxylation sites is 1. The number of hydrogen-bond acceptors (Lipinski definition) is 2. The number of amides is 2. The average molecular weight is 380 g/mol. The normalized spacial score (nSPS) is 13.7. The minimum absolute atomic E-state index is 0.0162. The molecule has 1 saturated carbocycles. The van der Waals surface area contributed by atoms with Gasteiger partial charge in [-0.05, 0) is 62.4 Å². The molecule has 1 aliphatic rings. The van der Waals surface area contributed by atoms with Crippen molar-refractivity contribution in [1.82, 2.24) is 9.47 Å². The second-order valence-corrected chi connectivity index (χ2v) is 7.51. The Kier molecular flexibility index (Phi) is 6.02. The number of anilines is 1. The lowest BCUT2D eigenvalue weighted by atomic mass is 10.1. The van der Waals surface area contributed by atoms with Crippen LogP contribution in [0.25, 0.3) is 6.08 Å². The molecule has 1 aromatic heterocycles. The summed E-state index contributed by atoms with van der Waals surface area (Å²) in [5.74, 6) is -0.382. The molecule has 1 aliphatic carbocycles. The van der Waals surface area contributed by atoms with E-state index in [0.717, 1.165) is 23.2 Å². The maximum absolute atomic E-state index is 12.4. The number of likely N-dealkylation sites (N-methyl/N-ethyl adjacent to an activating group) is 1. The second kappa shape index (κ2) is 8.46. The quantitative estimate of drug-likeness (QED) is 0.736. The largest absolute Gasteiger partial charge is 0.346 e. The highest BCUT2D eigenvalue weighted by Gasteiger charge is 2.26. The van der Waals surface area contributed by atoms with Crippen LogP contribution in [0, 0.1) is 13.8 Å². The molecule has 0 radical (unpaired) electrons. The molecule has 5 heteroatoms. The van der Waals surface area contributed by atoms with Crippen molar-refractivity contribution in [2.24, 2.45) is 0 Å². The number of hydrogen-bond donors (Lipinski definition) is 1. The van der Waals surface area contributed by atoms with E-state index in [9.17, 15) is 9.59 Å². The molecule has 0 spiro atoms. The molecule has 148 valence electrons. The number of carbonyl (C=O) groups is 2. The third-order valence-electron chi connectivity index (χ3n) is 5.27. The first kappa shape index (κ1) is 19.9. The Morgan fingerprint density at radius 1 is 1.25 bits per heavy atom. The van der Waals surface area contributed by atoms with E-state index in [1.165, 1.54) is 29.1 Å². The average Bonchev–Trinajstić information content (AvgIpc) is 3.45. The van der Waals surface area contributed by atoms with Crippen LogP contribution in [0.15, 0.2) is 36.4 Å². The maximum Gasteiger partial charge on any atom is 0.246 e. The highest BCUT2D eigenvalue weighted by Crippen LogP contribution is 2.38. The van der Waals surface area contributed by atoms with Crippen LogP contribution in [-0.4, -0.2) is 34.9 Å². The molecule has 3 rings (SSSR count). The van der Waals surface area contributed by atoms with Crippen molar-refractivity contribution in [3.8, 4) is 0 Å². The lowest BCUT2D eigenvalue weighted by Gasteiger charge is -2.16. The molecule has 0 atom stereocenters. The molecule has 2 amide bonds. The van der Waals surface area contributed by atoms with Gasteiger partial charge in [0.15, 0.2) is 0 Å². The van der Waals surface area contributed by atoms with E-state index in [-0.39, 0.29) is 18.4 Å². The predicted octanol–water partition coefficient (Wildman–Crippen LogP) is 4.11. The Bertz CT molecular complexity index is 907. The lowest BCUT2D eigenvalue weighted by Crippen LogP contribution is -2.34. The van der Waals surface area contributed by atoms with Gasteiger partial charge in [0, 0.05) is 36.2 Å². The molecule has 5 nitrogen and oxygen atoms in total. The van der Waals surface area contributed by atoms with E-state index in [4.69, 9.17) is 0 Å². The van der Waals surface area contributed by atoms with Gasteiger partial charge in [0.1, 0.15) is 0 Å². The van der Waals surface area contributed by atoms with Gasteiger partial charge in [-0.3, -0.25) is 9.59 Å². The Morgan fingerprint density at radius 2 is 1.96 bits per heavy atom. The van der Waals surface area contributed by atoms with Crippen LogP contribution in [0.5, 0.6) is 0 Å². The first-order chi connectivity index (χ1) is 13.4. The number of benzene rings is 1. The van der Waals surface area contributed by atoms with E-state index in [1.807, 2.05) is 37.3 Å². The van der Waals surface area contributed by atoms with Crippen LogP contribution in [-0.2, 0) is 16.0 Å². The number of aryl methyl sites for hydroxylation is 2. The standard InChI is InChI=1S/C23H29N3O2/c1-5-18-8-6-7-9-21(18)24-22(27)15-25(4)23(28)13-10-19-14-16(2)26(17(19)3)20-11-12-20/h6-10,13-14,20H,5,11-12,15H2,1-4H3,(H,24,27)/b13-10+. The highest BCUT2D eigenvalue weighted by atomic mass is 16.2. The molecule has 0 bridgehead atoms. The van der Waals surface area contributed by atoms with E-state index < -0.39 is 0 Å². The van der Waals surface area contributed by atoms with Gasteiger partial charge < -0.3 is 14.8 Å². The predicted molar refractivity (Wildman–Crippen MR) is 113 cm³/mol. The van der Waals surface area contributed by atoms with Gasteiger partial charge in [-0.25, -0.2) is 0 Å². The Balaban J connectivity index is 1.59. The van der Waals surface area contributed by atoms with Crippen molar-refractivity contribution in [2.75, 3.05) is 18.9 Å². The van der Waals surface area contributed by atoms with E-state index in [2.05, 4.69) is 29.8 Å². The van der Waals surface area contributed by atoms with Gasteiger partial charge in [0.05, 0.1) is 6.54 Å². The second-order valence-electron chi connectivity index (χ2n) is 7.51. The summed E-state index contributed by atoms with van der Waals surface area (Å²) in [6, 6.07) is 10.5. The van der Waals surface area contributed by atoms with Crippen molar-refractivity contribution in [3.05, 3.63) is 58.9 Å². The summed E-state index contributed by atoms with van der Waals surface area (Å²) in [7, 11) is 1.64. The zero-order valence-corrected chi connectivity index (χ0v) is 17.2. The SMILES string of the molecule is CCc1ccccc1NC(=O)CN(C)C(=O)/C=C/c1cc(C)n(C2CC2)c1C. The van der Waals surface area contributed by atoms with Crippen LogP contribution >= 0.6 is 0 Å². The fourth-order valence-corrected chi connectivity index (χ4v) is 3.59. The molecular formula is C23H29N3O2. The van der Waals surface area contributed by atoms with Crippen molar-refractivity contribution in [2.45, 2.75) is 46.1 Å². The van der Waals surface area contributed by atoms with Gasteiger partial charge in [0.2, 0.25) is 11.8 Å². The van der Waals surface area contributed by atoms with Crippen molar-refractivity contribution < 1.29 is 9.59 Å². The molecule has 28 heavy (non-hydrogen) atoms. The molecule has 0 unspecified atom stereocenters. The van der Waals surface area contributed by atoms with Gasteiger partial charge in [-0.15, -0.1) is 0 Å². The van der Waals surface area contributed by atoms with Crippen LogP contribution in [0.4, 0.5) is 5.69 Å². The molecule has 1 N–H and O–H groups in total. The van der Waals surface area contributed by atoms with Crippen molar-refractivity contribution in [3.63, 3.8) is 0 Å². The van der Waals surface area contributed by atoms with Gasteiger partial charge in [0.25, 0.3) is 0 Å². The molecule has 2 aromatic rings. The zero-order valence-electron chi connectivity index (χ0n) is 17.2. The van der Waals surface area contributed by atoms with Crippen LogP contribution < -0.4 is 5.32 Å². The van der Waals surface area contributed by atoms with Crippen molar-refractivity contribution in [1.29, 1.82) is 0 Å². The summed E-state index contributed by atoms with van der Waals surface area (Å²) in [5.41, 5.74) is 5.37. The number of rotatable bonds is 7. The topological polar surface area (TPSA) is 54.3 Å². The van der Waals surface area contributed by atoms with Crippen LogP contribution in [0.2, 0.25) is 0 Å².